The summed E-state index contributed by atoms with van der Waals surface area (Å²) >= 11 is 1.68. The zero-order chi connectivity index (χ0) is 17.1. The highest BCUT2D eigenvalue weighted by molar-refractivity contribution is 8.00. The second kappa shape index (κ2) is 7.27. The second-order valence-corrected chi connectivity index (χ2v) is 7.13. The first-order chi connectivity index (χ1) is 11.7. The van der Waals surface area contributed by atoms with Crippen molar-refractivity contribution in [3.8, 4) is 0 Å². The highest BCUT2D eigenvalue weighted by atomic mass is 32.2. The van der Waals surface area contributed by atoms with Crippen molar-refractivity contribution in [1.82, 2.24) is 10.2 Å². The van der Waals surface area contributed by atoms with Crippen LogP contribution in [-0.2, 0) is 9.59 Å². The number of carbonyl (C=O) groups excluding carboxylic acids is 4. The molecule has 0 spiro atoms. The number of nitrogens with zero attached hydrogens (tertiary/aromatic N) is 1. The molecule has 3 rings (SSSR count). The van der Waals surface area contributed by atoms with Crippen molar-refractivity contribution < 1.29 is 19.2 Å². The summed E-state index contributed by atoms with van der Waals surface area (Å²) in [7, 11) is 0. The van der Waals surface area contributed by atoms with Gasteiger partial charge in [-0.15, -0.1) is 11.8 Å². The second-order valence-electron chi connectivity index (χ2n) is 5.89. The first-order valence-corrected chi connectivity index (χ1v) is 8.95. The average molecular weight is 346 g/mol. The SMILES string of the molecule is O=CC1CS[C@H](CCCC(C=O)N2C(=O)c3ccccc3C2=O)N1. The van der Waals surface area contributed by atoms with E-state index in [9.17, 15) is 19.2 Å². The summed E-state index contributed by atoms with van der Waals surface area (Å²) in [5.74, 6) is -0.0480. The van der Waals surface area contributed by atoms with Gasteiger partial charge < -0.3 is 9.59 Å². The van der Waals surface area contributed by atoms with Gasteiger partial charge in [-0.25, -0.2) is 0 Å². The number of imide groups is 1. The zero-order valence-corrected chi connectivity index (χ0v) is 13.8. The number of amides is 2. The van der Waals surface area contributed by atoms with Gasteiger partial charge in [0.05, 0.1) is 28.6 Å². The molecule has 0 aromatic heterocycles. The van der Waals surface area contributed by atoms with Crippen molar-refractivity contribution in [2.45, 2.75) is 36.7 Å². The lowest BCUT2D eigenvalue weighted by Crippen LogP contribution is -2.41. The molecule has 1 N–H and O–H groups in total. The Hall–Kier alpha value is -1.99. The lowest BCUT2D eigenvalue weighted by Gasteiger charge is -2.21. The molecule has 0 aliphatic carbocycles. The summed E-state index contributed by atoms with van der Waals surface area (Å²) in [4.78, 5) is 48.0. The normalized spacial score (nSPS) is 24.1. The molecular weight excluding hydrogens is 328 g/mol. The van der Waals surface area contributed by atoms with Gasteiger partial charge in [-0.2, -0.15) is 0 Å². The number of nitrogens with one attached hydrogen (secondary N) is 1. The molecule has 7 heteroatoms. The van der Waals surface area contributed by atoms with Gasteiger partial charge in [0.2, 0.25) is 0 Å². The molecule has 1 saturated heterocycles. The van der Waals surface area contributed by atoms with Crippen LogP contribution in [0.4, 0.5) is 0 Å². The fourth-order valence-corrected chi connectivity index (χ4v) is 4.30. The van der Waals surface area contributed by atoms with E-state index in [1.54, 1.807) is 36.0 Å². The zero-order valence-electron chi connectivity index (χ0n) is 13.0. The number of aldehydes is 2. The van der Waals surface area contributed by atoms with Gasteiger partial charge in [0.15, 0.2) is 0 Å². The molecule has 0 saturated carbocycles. The van der Waals surface area contributed by atoms with E-state index in [2.05, 4.69) is 5.32 Å². The molecule has 6 nitrogen and oxygen atoms in total. The predicted octanol–water partition coefficient (Wildman–Crippen LogP) is 1.25. The van der Waals surface area contributed by atoms with Crippen LogP contribution < -0.4 is 5.32 Å². The van der Waals surface area contributed by atoms with Crippen LogP contribution in [0.3, 0.4) is 0 Å². The lowest BCUT2D eigenvalue weighted by molar-refractivity contribution is -0.111. The Labute approximate surface area is 144 Å². The van der Waals surface area contributed by atoms with Crippen molar-refractivity contribution >= 4 is 36.1 Å². The van der Waals surface area contributed by atoms with Gasteiger partial charge in [0, 0.05) is 5.75 Å². The summed E-state index contributed by atoms with van der Waals surface area (Å²) in [6.45, 7) is 0. The number of rotatable bonds is 7. The molecule has 1 aromatic carbocycles. The van der Waals surface area contributed by atoms with Crippen molar-refractivity contribution in [2.24, 2.45) is 0 Å². The van der Waals surface area contributed by atoms with E-state index >= 15 is 0 Å². The molecule has 2 heterocycles. The van der Waals surface area contributed by atoms with Crippen LogP contribution in [0.2, 0.25) is 0 Å². The largest absolute Gasteiger partial charge is 0.302 e. The molecule has 2 aliphatic heterocycles. The Morgan fingerprint density at radius 1 is 1.21 bits per heavy atom. The monoisotopic (exact) mass is 346 g/mol. The van der Waals surface area contributed by atoms with Gasteiger partial charge in [0.25, 0.3) is 11.8 Å². The maximum absolute atomic E-state index is 12.4. The Bertz CT molecular complexity index is 643. The van der Waals surface area contributed by atoms with Gasteiger partial charge in [-0.05, 0) is 31.4 Å². The van der Waals surface area contributed by atoms with Crippen LogP contribution in [0.5, 0.6) is 0 Å². The molecule has 0 bridgehead atoms. The van der Waals surface area contributed by atoms with Crippen molar-refractivity contribution in [3.63, 3.8) is 0 Å². The van der Waals surface area contributed by atoms with Crippen molar-refractivity contribution in [3.05, 3.63) is 35.4 Å². The van der Waals surface area contributed by atoms with E-state index in [1.165, 1.54) is 0 Å². The predicted molar refractivity (Wildman–Crippen MR) is 89.9 cm³/mol. The molecule has 1 fully saturated rings. The summed E-state index contributed by atoms with van der Waals surface area (Å²) in [5, 5.41) is 3.37. The summed E-state index contributed by atoms with van der Waals surface area (Å²) < 4.78 is 0. The topological polar surface area (TPSA) is 83.6 Å². The molecule has 3 atom stereocenters. The standard InChI is InChI=1S/C17H18N2O4S/c20-8-11-10-24-15(18-11)7-3-4-12(9-21)19-16(22)13-5-1-2-6-14(13)17(19)23/h1-2,5-6,8-9,11-12,15,18H,3-4,7,10H2/t11?,12?,15-/m1/s1. The molecular formula is C17H18N2O4S. The molecule has 2 unspecified atom stereocenters. The summed E-state index contributed by atoms with van der Waals surface area (Å²) in [5.41, 5.74) is 0.715. The molecule has 0 radical (unpaired) electrons. The number of hydrogen-bond donors (Lipinski definition) is 1. The maximum atomic E-state index is 12.4. The minimum Gasteiger partial charge on any atom is -0.302 e. The fourth-order valence-electron chi connectivity index (χ4n) is 3.08. The van der Waals surface area contributed by atoms with Crippen LogP contribution in [0.25, 0.3) is 0 Å². The van der Waals surface area contributed by atoms with Crippen LogP contribution >= 0.6 is 11.8 Å². The number of hydrogen-bond acceptors (Lipinski definition) is 6. The average Bonchev–Trinajstić information content (AvgIpc) is 3.17. The van der Waals surface area contributed by atoms with Crippen molar-refractivity contribution in [2.75, 3.05) is 5.75 Å². The molecule has 2 aliphatic rings. The lowest BCUT2D eigenvalue weighted by atomic mass is 10.1. The Kier molecular flexibility index (Phi) is 5.11. The number of fused-ring (bicyclic) bond motifs is 1. The van der Waals surface area contributed by atoms with Crippen LogP contribution in [-0.4, -0.2) is 52.5 Å². The third-order valence-corrected chi connectivity index (χ3v) is 5.65. The smallest absolute Gasteiger partial charge is 0.262 e. The van der Waals surface area contributed by atoms with E-state index in [4.69, 9.17) is 0 Å². The molecule has 126 valence electrons. The Balaban J connectivity index is 1.59. The van der Waals surface area contributed by atoms with E-state index in [1.807, 2.05) is 0 Å². The van der Waals surface area contributed by atoms with Crippen LogP contribution in [0.1, 0.15) is 40.0 Å². The molecule has 1 aromatic rings. The van der Waals surface area contributed by atoms with Gasteiger partial charge in [-0.3, -0.25) is 19.8 Å². The van der Waals surface area contributed by atoms with Gasteiger partial charge in [-0.1, -0.05) is 12.1 Å². The van der Waals surface area contributed by atoms with E-state index < -0.39 is 17.9 Å². The highest BCUT2D eigenvalue weighted by Gasteiger charge is 2.39. The first kappa shape index (κ1) is 16.9. The van der Waals surface area contributed by atoms with E-state index in [0.29, 0.717) is 30.3 Å². The fraction of sp³-hybridized carbons (Fsp3) is 0.412. The highest BCUT2D eigenvalue weighted by Crippen LogP contribution is 2.27. The minimum absolute atomic E-state index is 0.113. The van der Waals surface area contributed by atoms with E-state index in [0.717, 1.165) is 23.4 Å². The quantitative estimate of drug-likeness (QED) is 0.591. The first-order valence-electron chi connectivity index (χ1n) is 7.91. The minimum atomic E-state index is -0.745. The number of carbonyl (C=O) groups is 4. The number of thioether (sulfide) groups is 1. The Morgan fingerprint density at radius 3 is 2.42 bits per heavy atom. The Morgan fingerprint density at radius 2 is 1.88 bits per heavy atom. The van der Waals surface area contributed by atoms with Gasteiger partial charge >= 0.3 is 0 Å². The molecule has 2 amide bonds. The van der Waals surface area contributed by atoms with Crippen LogP contribution in [0, 0.1) is 0 Å². The third kappa shape index (κ3) is 3.14. The van der Waals surface area contributed by atoms with Crippen LogP contribution in [0.15, 0.2) is 24.3 Å². The maximum Gasteiger partial charge on any atom is 0.262 e. The van der Waals surface area contributed by atoms with Crippen molar-refractivity contribution in [1.29, 1.82) is 0 Å². The third-order valence-electron chi connectivity index (χ3n) is 4.32. The van der Waals surface area contributed by atoms with Gasteiger partial charge in [0.1, 0.15) is 12.6 Å². The number of benzene rings is 1. The summed E-state index contributed by atoms with van der Waals surface area (Å²) in [6.07, 6.45) is 3.47. The summed E-state index contributed by atoms with van der Waals surface area (Å²) in [6, 6.07) is 5.77. The van der Waals surface area contributed by atoms with E-state index in [-0.39, 0.29) is 11.4 Å². The molecule has 24 heavy (non-hydrogen) atoms.